The Morgan fingerprint density at radius 1 is 1.12 bits per heavy atom. The van der Waals surface area contributed by atoms with Gasteiger partial charge in [-0.05, 0) is 30.5 Å². The second kappa shape index (κ2) is 6.73. The first-order chi connectivity index (χ1) is 11.2. The summed E-state index contributed by atoms with van der Waals surface area (Å²) in [6.45, 7) is 4.38. The summed E-state index contributed by atoms with van der Waals surface area (Å²) in [5, 5.41) is 3.47. The number of fused-ring (bicyclic) bond motifs is 1. The van der Waals surface area contributed by atoms with Crippen molar-refractivity contribution in [3.63, 3.8) is 0 Å². The van der Waals surface area contributed by atoms with Gasteiger partial charge >= 0.3 is 0 Å². The smallest absolute Gasteiger partial charge is 0.249 e. The van der Waals surface area contributed by atoms with E-state index in [-0.39, 0.29) is 29.7 Å². The zero-order chi connectivity index (χ0) is 15.9. The molecule has 4 nitrogen and oxygen atoms in total. The van der Waals surface area contributed by atoms with E-state index in [1.54, 1.807) is 0 Å². The molecule has 1 aromatic carbocycles. The van der Waals surface area contributed by atoms with Crippen molar-refractivity contribution in [3.8, 4) is 0 Å². The van der Waals surface area contributed by atoms with Gasteiger partial charge in [0, 0.05) is 50.9 Å². The molecule has 0 aliphatic carbocycles. The van der Waals surface area contributed by atoms with Crippen molar-refractivity contribution < 1.29 is 9.18 Å². The van der Waals surface area contributed by atoms with Crippen molar-refractivity contribution in [2.24, 2.45) is 0 Å². The van der Waals surface area contributed by atoms with E-state index >= 15 is 0 Å². The molecule has 0 spiro atoms. The lowest BCUT2D eigenvalue weighted by molar-refractivity contribution is -0.130. The van der Waals surface area contributed by atoms with Crippen molar-refractivity contribution in [2.75, 3.05) is 32.7 Å². The van der Waals surface area contributed by atoms with Crippen molar-refractivity contribution >= 4 is 18.3 Å². The highest BCUT2D eigenvalue weighted by molar-refractivity contribution is 5.93. The van der Waals surface area contributed by atoms with Gasteiger partial charge in [-0.2, -0.15) is 0 Å². The van der Waals surface area contributed by atoms with Crippen molar-refractivity contribution in [2.45, 2.75) is 24.8 Å². The fourth-order valence-corrected chi connectivity index (χ4v) is 4.21. The monoisotopic (exact) mass is 351 g/mol. The molecule has 0 radical (unpaired) electrons. The molecular formula is C18H23ClFN3O. The maximum Gasteiger partial charge on any atom is 0.249 e. The largest absolute Gasteiger partial charge is 0.373 e. The minimum atomic E-state index is -0.322. The summed E-state index contributed by atoms with van der Waals surface area (Å²) in [4.78, 5) is 16.9. The Balaban J connectivity index is 0.00000169. The molecule has 1 N–H and O–H groups in total. The third-order valence-corrected chi connectivity index (χ3v) is 5.31. The number of piperazine rings is 1. The van der Waals surface area contributed by atoms with Gasteiger partial charge in [0.05, 0.1) is 5.54 Å². The molecule has 3 heterocycles. The van der Waals surface area contributed by atoms with E-state index < -0.39 is 0 Å². The molecule has 1 atom stereocenters. The van der Waals surface area contributed by atoms with Gasteiger partial charge in [0.15, 0.2) is 0 Å². The molecule has 0 aromatic heterocycles. The number of nitrogens with zero attached hydrogens (tertiary/aromatic N) is 2. The summed E-state index contributed by atoms with van der Waals surface area (Å²) in [7, 11) is 0. The molecule has 0 bridgehead atoms. The van der Waals surface area contributed by atoms with E-state index in [0.29, 0.717) is 0 Å². The van der Waals surface area contributed by atoms with Crippen LogP contribution in [-0.2, 0) is 11.2 Å². The highest BCUT2D eigenvalue weighted by Gasteiger charge is 2.50. The number of hydrogen-bond donors (Lipinski definition) is 1. The van der Waals surface area contributed by atoms with Crippen LogP contribution in [0.2, 0.25) is 0 Å². The SMILES string of the molecule is Cl.O=C1C=C(N2CCCC2)C2(Cc3ccc(F)cc3)CNCCN12. The van der Waals surface area contributed by atoms with Crippen LogP contribution in [0.1, 0.15) is 18.4 Å². The highest BCUT2D eigenvalue weighted by atomic mass is 35.5. The van der Waals surface area contributed by atoms with Crippen LogP contribution in [-0.4, -0.2) is 54.0 Å². The van der Waals surface area contributed by atoms with E-state index in [9.17, 15) is 9.18 Å². The summed E-state index contributed by atoms with van der Waals surface area (Å²) >= 11 is 0. The van der Waals surface area contributed by atoms with Gasteiger partial charge in [-0.3, -0.25) is 4.79 Å². The quantitative estimate of drug-likeness (QED) is 0.904. The van der Waals surface area contributed by atoms with Gasteiger partial charge in [0.2, 0.25) is 5.91 Å². The molecule has 0 saturated carbocycles. The fourth-order valence-electron chi connectivity index (χ4n) is 4.21. The highest BCUT2D eigenvalue weighted by Crippen LogP contribution is 2.39. The molecule has 3 aliphatic rings. The van der Waals surface area contributed by atoms with Gasteiger partial charge in [0.1, 0.15) is 5.82 Å². The molecular weight excluding hydrogens is 329 g/mol. The molecule has 6 heteroatoms. The van der Waals surface area contributed by atoms with Gasteiger partial charge in [-0.1, -0.05) is 12.1 Å². The number of benzene rings is 1. The number of nitrogens with one attached hydrogen (secondary N) is 1. The van der Waals surface area contributed by atoms with Crippen LogP contribution in [0.15, 0.2) is 36.0 Å². The molecule has 24 heavy (non-hydrogen) atoms. The zero-order valence-electron chi connectivity index (χ0n) is 13.6. The van der Waals surface area contributed by atoms with E-state index in [4.69, 9.17) is 0 Å². The van der Waals surface area contributed by atoms with Crippen molar-refractivity contribution in [3.05, 3.63) is 47.4 Å². The van der Waals surface area contributed by atoms with E-state index in [2.05, 4.69) is 10.2 Å². The van der Waals surface area contributed by atoms with Gasteiger partial charge < -0.3 is 15.1 Å². The average molecular weight is 352 g/mol. The number of carbonyl (C=O) groups excluding carboxylic acids is 1. The molecule has 130 valence electrons. The van der Waals surface area contributed by atoms with E-state index in [1.807, 2.05) is 23.1 Å². The first-order valence-electron chi connectivity index (χ1n) is 8.43. The predicted octanol–water partition coefficient (Wildman–Crippen LogP) is 1.95. The van der Waals surface area contributed by atoms with Crippen molar-refractivity contribution in [1.82, 2.24) is 15.1 Å². The van der Waals surface area contributed by atoms with Crippen LogP contribution in [0.4, 0.5) is 4.39 Å². The molecule has 1 aromatic rings. The van der Waals surface area contributed by atoms with Crippen LogP contribution in [0.3, 0.4) is 0 Å². The second-order valence-electron chi connectivity index (χ2n) is 6.73. The Labute approximate surface area is 148 Å². The Bertz CT molecular complexity index is 642. The van der Waals surface area contributed by atoms with Crippen LogP contribution in [0.5, 0.6) is 0 Å². The van der Waals surface area contributed by atoms with Gasteiger partial charge in [0.25, 0.3) is 0 Å². The van der Waals surface area contributed by atoms with Crippen LogP contribution >= 0.6 is 12.4 Å². The number of likely N-dealkylation sites (tertiary alicyclic amines) is 1. The lowest BCUT2D eigenvalue weighted by Crippen LogP contribution is -2.63. The normalized spacial score (nSPS) is 26.2. The maximum absolute atomic E-state index is 13.2. The standard InChI is InChI=1S/C18H22FN3O.ClH/c19-15-5-3-14(4-6-15)12-18-13-20-7-10-22(18)17(23)11-16(18)21-8-1-2-9-21;/h3-6,11,20H,1-2,7-10,12-13H2;1H. The van der Waals surface area contributed by atoms with Crippen LogP contribution in [0, 0.1) is 5.82 Å². The molecule has 1 amide bonds. The van der Waals surface area contributed by atoms with Gasteiger partial charge in [-0.25, -0.2) is 4.39 Å². The molecule has 1 unspecified atom stereocenters. The lowest BCUT2D eigenvalue weighted by Gasteiger charge is -2.47. The molecule has 4 rings (SSSR count). The summed E-state index contributed by atoms with van der Waals surface area (Å²) in [5.74, 6) is -0.0989. The minimum Gasteiger partial charge on any atom is -0.373 e. The lowest BCUT2D eigenvalue weighted by atomic mass is 9.85. The number of hydrogen-bond acceptors (Lipinski definition) is 3. The van der Waals surface area contributed by atoms with Gasteiger partial charge in [-0.15, -0.1) is 12.4 Å². The Kier molecular flexibility index (Phi) is 4.83. The van der Waals surface area contributed by atoms with Crippen molar-refractivity contribution in [1.29, 1.82) is 0 Å². The van der Waals surface area contributed by atoms with Crippen LogP contribution < -0.4 is 5.32 Å². The molecule has 2 saturated heterocycles. The molecule has 2 fully saturated rings. The number of carbonyl (C=O) groups is 1. The Morgan fingerprint density at radius 3 is 2.54 bits per heavy atom. The van der Waals surface area contributed by atoms with E-state index in [1.165, 1.54) is 25.0 Å². The Hall–Kier alpha value is -1.59. The summed E-state index contributed by atoms with van der Waals surface area (Å²) < 4.78 is 13.2. The number of amides is 1. The first kappa shape index (κ1) is 17.2. The zero-order valence-corrected chi connectivity index (χ0v) is 14.4. The summed E-state index contributed by atoms with van der Waals surface area (Å²) in [6, 6.07) is 6.67. The van der Waals surface area contributed by atoms with E-state index in [0.717, 1.165) is 50.4 Å². The fraction of sp³-hybridized carbons (Fsp3) is 0.500. The third-order valence-electron chi connectivity index (χ3n) is 5.31. The predicted molar refractivity (Wildman–Crippen MR) is 93.6 cm³/mol. The summed E-state index contributed by atoms with van der Waals surface area (Å²) in [6.07, 6.45) is 4.94. The summed E-state index contributed by atoms with van der Waals surface area (Å²) in [5.41, 5.74) is 1.90. The Morgan fingerprint density at radius 2 is 1.83 bits per heavy atom. The van der Waals surface area contributed by atoms with Crippen LogP contribution in [0.25, 0.3) is 0 Å². The topological polar surface area (TPSA) is 35.6 Å². The number of rotatable bonds is 3. The third kappa shape index (κ3) is 2.80. The first-order valence-corrected chi connectivity index (χ1v) is 8.43. The minimum absolute atomic E-state index is 0. The second-order valence-corrected chi connectivity index (χ2v) is 6.73. The number of halogens is 2. The average Bonchev–Trinajstić information content (AvgIpc) is 3.17. The maximum atomic E-state index is 13.2. The molecule has 3 aliphatic heterocycles.